The number of amides is 1. The van der Waals surface area contributed by atoms with E-state index in [1.165, 1.54) is 29.1 Å². The summed E-state index contributed by atoms with van der Waals surface area (Å²) >= 11 is 1.30. The van der Waals surface area contributed by atoms with Crippen LogP contribution in [0.1, 0.15) is 30.4 Å². The molecule has 0 saturated carbocycles. The number of hydrogen-bond donors (Lipinski definition) is 1. The highest BCUT2D eigenvalue weighted by Crippen LogP contribution is 2.35. The highest BCUT2D eigenvalue weighted by atomic mass is 32.2. The summed E-state index contributed by atoms with van der Waals surface area (Å²) in [6.45, 7) is 2.07. The molecule has 1 atom stereocenters. The lowest BCUT2D eigenvalue weighted by atomic mass is 9.98. The SMILES string of the molecule is CC[C@H](C1=NN2C(=N)/C(=C\c3coc4ccccc4c3=O)C(=O)N=C2S1)c1ccccc1. The van der Waals surface area contributed by atoms with Crippen molar-refractivity contribution in [3.8, 4) is 0 Å². The van der Waals surface area contributed by atoms with E-state index in [0.717, 1.165) is 17.0 Å². The van der Waals surface area contributed by atoms with E-state index in [-0.39, 0.29) is 28.3 Å². The summed E-state index contributed by atoms with van der Waals surface area (Å²) in [5.74, 6) is -0.652. The van der Waals surface area contributed by atoms with Crippen molar-refractivity contribution in [2.75, 3.05) is 0 Å². The van der Waals surface area contributed by atoms with E-state index in [4.69, 9.17) is 9.83 Å². The summed E-state index contributed by atoms with van der Waals surface area (Å²) in [6.07, 6.45) is 3.47. The van der Waals surface area contributed by atoms with Gasteiger partial charge in [-0.2, -0.15) is 15.1 Å². The van der Waals surface area contributed by atoms with Crippen LogP contribution in [0.3, 0.4) is 0 Å². The Morgan fingerprint density at radius 2 is 1.88 bits per heavy atom. The van der Waals surface area contributed by atoms with Crippen LogP contribution in [0.2, 0.25) is 0 Å². The molecule has 32 heavy (non-hydrogen) atoms. The van der Waals surface area contributed by atoms with Crippen molar-refractivity contribution in [2.24, 2.45) is 10.1 Å². The van der Waals surface area contributed by atoms with Gasteiger partial charge < -0.3 is 4.42 Å². The van der Waals surface area contributed by atoms with Crippen LogP contribution >= 0.6 is 11.8 Å². The smallest absolute Gasteiger partial charge is 0.283 e. The second-order valence-corrected chi connectivity index (χ2v) is 8.33. The zero-order chi connectivity index (χ0) is 22.2. The molecule has 1 aromatic heterocycles. The van der Waals surface area contributed by atoms with Crippen molar-refractivity contribution < 1.29 is 9.21 Å². The highest BCUT2D eigenvalue weighted by molar-refractivity contribution is 8.27. The Morgan fingerprint density at radius 3 is 2.66 bits per heavy atom. The van der Waals surface area contributed by atoms with Crippen molar-refractivity contribution in [3.63, 3.8) is 0 Å². The number of fused-ring (bicyclic) bond motifs is 2. The number of hydrogen-bond acceptors (Lipinski definition) is 6. The van der Waals surface area contributed by atoms with E-state index in [2.05, 4.69) is 17.0 Å². The Labute approximate surface area is 187 Å². The maximum absolute atomic E-state index is 12.8. The van der Waals surface area contributed by atoms with E-state index in [1.807, 2.05) is 30.3 Å². The number of nitrogens with zero attached hydrogens (tertiary/aromatic N) is 3. The topological polar surface area (TPSA) is 99.1 Å². The molecular formula is C24H18N4O3S. The Kier molecular flexibility index (Phi) is 5.07. The fourth-order valence-electron chi connectivity index (χ4n) is 3.73. The molecule has 7 nitrogen and oxygen atoms in total. The van der Waals surface area contributed by atoms with Gasteiger partial charge in [0.1, 0.15) is 16.9 Å². The standard InChI is InChI=1S/C24H18N4O3S/c1-2-16(14-8-4-3-5-9-14)23-27-28-21(25)18(22(30)26-24(28)32-23)12-15-13-31-19-11-7-6-10-17(19)20(15)29/h3-13,16,25H,2H2,1H3/b18-12+,25-21?/t16-/m0/s1. The molecule has 2 aromatic carbocycles. The molecule has 2 aliphatic rings. The van der Waals surface area contributed by atoms with Gasteiger partial charge in [-0.1, -0.05) is 49.4 Å². The van der Waals surface area contributed by atoms with Gasteiger partial charge in [0.2, 0.25) is 5.17 Å². The number of hydrazone groups is 1. The van der Waals surface area contributed by atoms with Crippen LogP contribution in [0.5, 0.6) is 0 Å². The van der Waals surface area contributed by atoms with Crippen molar-refractivity contribution in [1.82, 2.24) is 5.01 Å². The van der Waals surface area contributed by atoms with Crippen molar-refractivity contribution in [1.29, 1.82) is 5.41 Å². The van der Waals surface area contributed by atoms with Crippen molar-refractivity contribution in [2.45, 2.75) is 19.3 Å². The van der Waals surface area contributed by atoms with Crippen LogP contribution in [-0.4, -0.2) is 27.0 Å². The minimum atomic E-state index is -0.578. The largest absolute Gasteiger partial charge is 0.463 e. The highest BCUT2D eigenvalue weighted by Gasteiger charge is 2.37. The Morgan fingerprint density at radius 1 is 1.12 bits per heavy atom. The molecule has 0 spiro atoms. The number of thioether (sulfide) groups is 1. The molecule has 3 heterocycles. The number of para-hydroxylation sites is 1. The molecule has 1 amide bonds. The van der Waals surface area contributed by atoms with Crippen molar-refractivity contribution >= 4 is 50.8 Å². The molecule has 158 valence electrons. The molecule has 0 unspecified atom stereocenters. The monoisotopic (exact) mass is 442 g/mol. The summed E-state index contributed by atoms with van der Waals surface area (Å²) in [4.78, 5) is 29.7. The predicted molar refractivity (Wildman–Crippen MR) is 127 cm³/mol. The lowest BCUT2D eigenvalue weighted by molar-refractivity contribution is -0.114. The third-order valence-electron chi connectivity index (χ3n) is 5.38. The molecule has 3 aromatic rings. The van der Waals surface area contributed by atoms with Gasteiger partial charge >= 0.3 is 0 Å². The van der Waals surface area contributed by atoms with E-state index >= 15 is 0 Å². The van der Waals surface area contributed by atoms with E-state index in [9.17, 15) is 9.59 Å². The van der Waals surface area contributed by atoms with Gasteiger partial charge in [0, 0.05) is 5.92 Å². The maximum Gasteiger partial charge on any atom is 0.283 e. The number of rotatable bonds is 4. The van der Waals surface area contributed by atoms with Crippen LogP contribution in [0.15, 0.2) is 85.7 Å². The summed E-state index contributed by atoms with van der Waals surface area (Å²) in [5, 5.41) is 16.1. The molecule has 0 aliphatic carbocycles. The maximum atomic E-state index is 12.8. The summed E-state index contributed by atoms with van der Waals surface area (Å²) < 4.78 is 5.53. The number of nitrogens with one attached hydrogen (secondary N) is 1. The Bertz CT molecular complexity index is 1410. The fourth-order valence-corrected chi connectivity index (χ4v) is 4.84. The third-order valence-corrected chi connectivity index (χ3v) is 6.41. The van der Waals surface area contributed by atoms with E-state index < -0.39 is 5.91 Å². The predicted octanol–water partition coefficient (Wildman–Crippen LogP) is 4.61. The number of aliphatic imine (C=N–C) groups is 1. The van der Waals surface area contributed by atoms with Gasteiger partial charge in [-0.15, -0.1) is 0 Å². The van der Waals surface area contributed by atoms with Crippen LogP contribution in [-0.2, 0) is 4.79 Å². The van der Waals surface area contributed by atoms with Gasteiger partial charge in [-0.3, -0.25) is 15.0 Å². The fraction of sp³-hybridized carbons (Fsp3) is 0.125. The first-order chi connectivity index (χ1) is 15.6. The van der Waals surface area contributed by atoms with E-state index in [0.29, 0.717) is 16.1 Å². The molecule has 0 radical (unpaired) electrons. The zero-order valence-corrected chi connectivity index (χ0v) is 17.9. The number of carbonyl (C=O) groups excluding carboxylic acids is 1. The normalized spacial score (nSPS) is 18.0. The Hall–Kier alpha value is -3.78. The first-order valence-electron chi connectivity index (χ1n) is 10.1. The van der Waals surface area contributed by atoms with Gasteiger partial charge in [-0.25, -0.2) is 0 Å². The van der Waals surface area contributed by atoms with Crippen LogP contribution in [0.25, 0.3) is 17.0 Å². The average molecular weight is 443 g/mol. The molecule has 0 fully saturated rings. The zero-order valence-electron chi connectivity index (χ0n) is 17.1. The number of carbonyl (C=O) groups is 1. The Balaban J connectivity index is 1.52. The average Bonchev–Trinajstić information content (AvgIpc) is 3.23. The van der Waals surface area contributed by atoms with Crippen LogP contribution in [0, 0.1) is 5.41 Å². The van der Waals surface area contributed by atoms with Gasteiger partial charge in [-0.05, 0) is 42.0 Å². The van der Waals surface area contributed by atoms with Gasteiger partial charge in [0.15, 0.2) is 11.3 Å². The summed E-state index contributed by atoms with van der Waals surface area (Å²) in [6, 6.07) is 16.9. The molecule has 8 heteroatoms. The summed E-state index contributed by atoms with van der Waals surface area (Å²) in [7, 11) is 0. The van der Waals surface area contributed by atoms with E-state index in [1.54, 1.807) is 24.3 Å². The minimum Gasteiger partial charge on any atom is -0.463 e. The first kappa shape index (κ1) is 20.1. The summed E-state index contributed by atoms with van der Waals surface area (Å²) in [5.41, 5.74) is 1.48. The number of benzene rings is 2. The molecular weight excluding hydrogens is 424 g/mol. The van der Waals surface area contributed by atoms with Gasteiger partial charge in [0.25, 0.3) is 5.91 Å². The van der Waals surface area contributed by atoms with Crippen LogP contribution < -0.4 is 5.43 Å². The second kappa shape index (κ2) is 8.05. The lowest BCUT2D eigenvalue weighted by Crippen LogP contribution is -2.35. The first-order valence-corrected chi connectivity index (χ1v) is 10.9. The minimum absolute atomic E-state index is 0.00492. The lowest BCUT2D eigenvalue weighted by Gasteiger charge is -2.20. The number of amidine groups is 2. The third kappa shape index (κ3) is 3.38. The molecule has 2 aliphatic heterocycles. The quantitative estimate of drug-likeness (QED) is 0.595. The molecule has 0 bridgehead atoms. The second-order valence-electron chi connectivity index (χ2n) is 7.35. The molecule has 0 saturated heterocycles. The molecule has 5 rings (SSSR count). The molecule has 1 N–H and O–H groups in total. The van der Waals surface area contributed by atoms with Crippen LogP contribution in [0.4, 0.5) is 0 Å². The van der Waals surface area contributed by atoms with Crippen molar-refractivity contribution in [3.05, 3.63) is 87.8 Å². The van der Waals surface area contributed by atoms with Gasteiger partial charge in [0.05, 0.1) is 16.5 Å².